The molecule has 3 amide bonds. The van der Waals surface area contributed by atoms with E-state index in [0.29, 0.717) is 148 Å². The molecule has 4 heterocycles. The number of hydrogen-bond donors (Lipinski definition) is 13. The lowest BCUT2D eigenvalue weighted by Gasteiger charge is -2.40. The molecule has 0 saturated carbocycles. The molecule has 0 aromatic carbocycles. The molecule has 0 bridgehead atoms. The van der Waals surface area contributed by atoms with Crippen LogP contribution < -0.4 is 10.6 Å². The van der Waals surface area contributed by atoms with E-state index in [1.54, 1.807) is 25.7 Å². The molecule has 4 aliphatic rings. The highest BCUT2D eigenvalue weighted by atomic mass is 31.2. The molecular formula is C81H144N3O30P. The number of phosphoric ester groups is 1. The van der Waals surface area contributed by atoms with Gasteiger partial charge in [-0.3, -0.25) is 42.9 Å². The average Bonchev–Trinajstić information content (AvgIpc) is 1.85. The zero-order valence-corrected chi connectivity index (χ0v) is 69.8. The molecule has 0 spiro atoms. The molecule has 0 aromatic rings. The van der Waals surface area contributed by atoms with Crippen LogP contribution in [0.3, 0.4) is 0 Å². The molecule has 34 heteroatoms. The number of aliphatic hydroxyl groups is 9. The maximum Gasteiger partial charge on any atom is 0.469 e. The van der Waals surface area contributed by atoms with Crippen LogP contribution in [-0.2, 0) is 90.1 Å². The smallest absolute Gasteiger partial charge is 0.394 e. The molecule has 0 aromatic heterocycles. The fourth-order valence-corrected chi connectivity index (χ4v) is 15.1. The zero-order valence-electron chi connectivity index (χ0n) is 68.9. The van der Waals surface area contributed by atoms with Crippen molar-refractivity contribution in [3.8, 4) is 0 Å². The number of ether oxygens (including phenoxy) is 9. The summed E-state index contributed by atoms with van der Waals surface area (Å²) in [5.41, 5.74) is -1.10. The number of phosphoric acid groups is 1. The summed E-state index contributed by atoms with van der Waals surface area (Å²) in [6.45, 7) is 7.11. The molecule has 17 atom stereocenters. The largest absolute Gasteiger partial charge is 0.469 e. The Hall–Kier alpha value is -3.85. The van der Waals surface area contributed by atoms with Crippen molar-refractivity contribution in [2.24, 2.45) is 29.1 Å². The number of ketones is 5. The Morgan fingerprint density at radius 3 is 1.10 bits per heavy atom. The Balaban J connectivity index is 1.28. The molecule has 115 heavy (non-hydrogen) atoms. The second-order valence-electron chi connectivity index (χ2n) is 32.3. The van der Waals surface area contributed by atoms with Gasteiger partial charge in [0, 0.05) is 146 Å². The Bertz CT molecular complexity index is 2570. The fraction of sp³-hybridized carbons (Fsp3) is 0.901. The quantitative estimate of drug-likeness (QED) is 0.0282. The van der Waals surface area contributed by atoms with Crippen molar-refractivity contribution in [1.29, 1.82) is 0 Å². The van der Waals surface area contributed by atoms with Gasteiger partial charge in [-0.1, -0.05) is 79.1 Å². The number of amides is 3. The van der Waals surface area contributed by atoms with Gasteiger partial charge < -0.3 is 114 Å². The summed E-state index contributed by atoms with van der Waals surface area (Å²) in [7, 11) is -4.66. The number of aliphatic hydroxyl groups excluding tert-OH is 9. The summed E-state index contributed by atoms with van der Waals surface area (Å²) in [5.74, 6) is -1.88. The SMILES string of the molecule is CC1C(OCCCCC(=O)CCCCCC(=O)CCOCC(COCCC(=O)CCCCCC(=O)CCCCOC2OC(CO)C(O)C(O)C2C)(COCCC(=O)NCCCNC(=O)CCCCOC2OC(CO)C(O)C(O)C2C)CC(=O)CCCCCCCCCCC(=O)N2C[C@H](C)C[C@H]2COP(=O)(O)O)OC(CO)C(O)C1O. The molecule has 668 valence electrons. The zero-order chi connectivity index (χ0) is 84.6. The minimum atomic E-state index is -4.66. The van der Waals surface area contributed by atoms with E-state index in [1.807, 2.05) is 6.92 Å². The molecule has 4 aliphatic heterocycles. The number of hydrogen-bond acceptors (Lipinski definition) is 28. The van der Waals surface area contributed by atoms with E-state index < -0.39 is 125 Å². The van der Waals surface area contributed by atoms with Gasteiger partial charge in [0.2, 0.25) is 17.7 Å². The molecule has 0 radical (unpaired) electrons. The van der Waals surface area contributed by atoms with Crippen LogP contribution in [0.4, 0.5) is 0 Å². The van der Waals surface area contributed by atoms with Crippen LogP contribution >= 0.6 is 7.82 Å². The van der Waals surface area contributed by atoms with Crippen molar-refractivity contribution in [2.45, 2.75) is 332 Å². The highest BCUT2D eigenvalue weighted by Crippen LogP contribution is 2.38. The van der Waals surface area contributed by atoms with Gasteiger partial charge in [0.1, 0.15) is 65.5 Å². The van der Waals surface area contributed by atoms with E-state index in [0.717, 1.165) is 38.5 Å². The van der Waals surface area contributed by atoms with Crippen LogP contribution in [0.5, 0.6) is 0 Å². The first-order valence-corrected chi connectivity index (χ1v) is 44.1. The van der Waals surface area contributed by atoms with Gasteiger partial charge in [-0.2, -0.15) is 0 Å². The lowest BCUT2D eigenvalue weighted by Crippen LogP contribution is -2.55. The third-order valence-electron chi connectivity index (χ3n) is 22.0. The molecule has 4 saturated heterocycles. The summed E-state index contributed by atoms with van der Waals surface area (Å²) < 4.78 is 68.9. The van der Waals surface area contributed by atoms with Crippen molar-refractivity contribution in [3.63, 3.8) is 0 Å². The standard InChI is InChI=1S/C81H144N3O30P/c1-56-46-60(52-111-115(102,103)104)84(48-56)71(95)34-18-10-8-6-5-7-9-13-32-65(92)47-81(53-105-43-35-63(90)28-16-11-14-26-61(88)30-19-22-40-108-78-57(2)72(96)75(99)66(49-85)112-78,54-106-44-36-64(91)29-17-12-15-27-62(89)31-20-23-41-109-79-58(3)73(97)76(100)67(50-86)113-79)55-107-45-37-70(94)83-39-25-38-82-69(93)33-21-24-42-110-80-59(4)74(98)77(101)68(51-87)114-80/h56-60,66-68,72-80,85-87,96-101H,5-55H2,1-4H3,(H,82,93)(H,83,94)(H2,102,103,104)/t56-,57?,58?,59?,60+,66?,67?,68?,72?,73?,74?,75?,76?,77?,78?,79?,80?,81?/m1/s1. The molecule has 4 rings (SSSR count). The molecule has 33 nitrogen and oxygen atoms in total. The van der Waals surface area contributed by atoms with Gasteiger partial charge in [0.05, 0.1) is 90.4 Å². The van der Waals surface area contributed by atoms with Crippen LogP contribution in [0, 0.1) is 29.1 Å². The topological polar surface area (TPSA) is 496 Å². The van der Waals surface area contributed by atoms with Gasteiger partial charge in [0.15, 0.2) is 18.9 Å². The first kappa shape index (κ1) is 103. The number of nitrogens with zero attached hydrogens (tertiary/aromatic N) is 1. The number of nitrogens with one attached hydrogen (secondary N) is 2. The summed E-state index contributed by atoms with van der Waals surface area (Å²) in [6.07, 6.45) is 5.18. The van der Waals surface area contributed by atoms with Crippen molar-refractivity contribution in [2.75, 3.05) is 106 Å². The summed E-state index contributed by atoms with van der Waals surface area (Å²) in [4.78, 5) is 125. The second kappa shape index (κ2) is 59.0. The Labute approximate surface area is 679 Å². The lowest BCUT2D eigenvalue weighted by molar-refractivity contribution is -0.282. The number of unbranched alkanes of at least 4 members (excludes halogenated alkanes) is 14. The fourth-order valence-electron chi connectivity index (χ4n) is 14.7. The molecule has 13 N–H and O–H groups in total. The van der Waals surface area contributed by atoms with Gasteiger partial charge in [-0.25, -0.2) is 4.57 Å². The van der Waals surface area contributed by atoms with Crippen LogP contribution in [0.15, 0.2) is 0 Å². The second-order valence-corrected chi connectivity index (χ2v) is 33.5. The van der Waals surface area contributed by atoms with E-state index in [1.165, 1.54) is 0 Å². The Morgan fingerprint density at radius 2 is 0.722 bits per heavy atom. The van der Waals surface area contributed by atoms with Gasteiger partial charge in [-0.15, -0.1) is 0 Å². The first-order chi connectivity index (χ1) is 55.0. The van der Waals surface area contributed by atoms with Crippen molar-refractivity contribution < 1.29 is 146 Å². The van der Waals surface area contributed by atoms with Crippen molar-refractivity contribution in [3.05, 3.63) is 0 Å². The van der Waals surface area contributed by atoms with Gasteiger partial charge in [-0.05, 0) is 95.8 Å². The normalized spacial score (nSPS) is 26.4. The monoisotopic (exact) mass is 1670 g/mol. The third-order valence-corrected chi connectivity index (χ3v) is 22.5. The predicted octanol–water partition coefficient (Wildman–Crippen LogP) is 4.99. The molecule has 15 unspecified atom stereocenters. The van der Waals surface area contributed by atoms with E-state index in [2.05, 4.69) is 10.6 Å². The minimum Gasteiger partial charge on any atom is -0.394 e. The summed E-state index contributed by atoms with van der Waals surface area (Å²) in [6, 6.07) is -0.378. The van der Waals surface area contributed by atoms with Gasteiger partial charge in [0.25, 0.3) is 0 Å². The average molecular weight is 1670 g/mol. The highest BCUT2D eigenvalue weighted by Gasteiger charge is 2.45. The number of Topliss-reactive ketones (excluding diaryl/α,β-unsaturated/α-hetero) is 5. The van der Waals surface area contributed by atoms with E-state index in [9.17, 15) is 98.7 Å². The molecular weight excluding hydrogens is 1530 g/mol. The van der Waals surface area contributed by atoms with Crippen LogP contribution in [0.25, 0.3) is 0 Å². The summed E-state index contributed by atoms with van der Waals surface area (Å²) >= 11 is 0. The lowest BCUT2D eigenvalue weighted by atomic mass is 9.83. The Morgan fingerprint density at radius 1 is 0.400 bits per heavy atom. The number of rotatable bonds is 68. The van der Waals surface area contributed by atoms with Gasteiger partial charge >= 0.3 is 7.82 Å². The minimum absolute atomic E-state index is 0.0280. The van der Waals surface area contributed by atoms with Crippen molar-refractivity contribution >= 4 is 54.5 Å². The maximum absolute atomic E-state index is 14.2. The highest BCUT2D eigenvalue weighted by molar-refractivity contribution is 7.46. The van der Waals surface area contributed by atoms with Crippen LogP contribution in [0.2, 0.25) is 0 Å². The third kappa shape index (κ3) is 42.5. The number of carbonyl (C=O) groups excluding carboxylic acids is 8. The molecule has 0 aliphatic carbocycles. The van der Waals surface area contributed by atoms with Crippen molar-refractivity contribution in [1.82, 2.24) is 15.5 Å². The predicted molar refractivity (Wildman–Crippen MR) is 419 cm³/mol. The number of carbonyl (C=O) groups is 8. The summed E-state index contributed by atoms with van der Waals surface area (Å²) in [5, 5.41) is 95.5. The maximum atomic E-state index is 14.2. The van der Waals surface area contributed by atoms with E-state index in [-0.39, 0.29) is 183 Å². The number of likely N-dealkylation sites (tertiary alicyclic amines) is 1. The Kier molecular flexibility index (Phi) is 53.1. The van der Waals surface area contributed by atoms with Crippen LogP contribution in [-0.4, -0.2) is 293 Å². The first-order valence-electron chi connectivity index (χ1n) is 42.6. The van der Waals surface area contributed by atoms with E-state index in [4.69, 9.17) is 47.2 Å². The van der Waals surface area contributed by atoms with E-state index >= 15 is 0 Å². The molecule has 4 fully saturated rings. The van der Waals surface area contributed by atoms with Crippen LogP contribution in [0.1, 0.15) is 252 Å².